The van der Waals surface area contributed by atoms with Gasteiger partial charge in [0.2, 0.25) is 0 Å². The van der Waals surface area contributed by atoms with Gasteiger partial charge in [-0.2, -0.15) is 0 Å². The molecule has 3 nitrogen and oxygen atoms in total. The van der Waals surface area contributed by atoms with E-state index in [9.17, 15) is 4.79 Å². The molecule has 1 amide bonds. The Kier molecular flexibility index (Phi) is 5.29. The number of likely N-dealkylation sites (N-methyl/N-ethyl adjacent to an activating group) is 1. The topological polar surface area (TPSA) is 32.7 Å². The van der Waals surface area contributed by atoms with Crippen molar-refractivity contribution < 1.29 is 4.79 Å². The van der Waals surface area contributed by atoms with Gasteiger partial charge >= 0.3 is 0 Å². The molecule has 1 heterocycles. The monoisotopic (exact) mass is 334 g/mol. The summed E-state index contributed by atoms with van der Waals surface area (Å²) in [5.74, 6) is 0.00916. The minimum absolute atomic E-state index is 0.00916. The minimum Gasteiger partial charge on any atom is -0.287 e. The summed E-state index contributed by atoms with van der Waals surface area (Å²) in [6, 6.07) is 19.7. The molecule has 3 rings (SSSR count). The van der Waals surface area contributed by atoms with Crippen LogP contribution >= 0.6 is 11.8 Å². The fraction of sp³-hybridized carbons (Fsp3) is 0.100. The van der Waals surface area contributed by atoms with E-state index in [2.05, 4.69) is 4.99 Å². The first kappa shape index (κ1) is 16.3. The molecule has 1 aliphatic rings. The van der Waals surface area contributed by atoms with Crippen molar-refractivity contribution in [2.45, 2.75) is 6.92 Å². The first-order chi connectivity index (χ1) is 11.8. The Morgan fingerprint density at radius 2 is 1.71 bits per heavy atom. The summed E-state index contributed by atoms with van der Waals surface area (Å²) in [6.07, 6.45) is 5.76. The molecular formula is C20H18N2OS. The molecule has 0 aliphatic carbocycles. The lowest BCUT2D eigenvalue weighted by atomic mass is 10.2. The first-order valence-electron chi connectivity index (χ1n) is 7.85. The van der Waals surface area contributed by atoms with Gasteiger partial charge in [-0.3, -0.25) is 9.69 Å². The third-order valence-corrected chi connectivity index (χ3v) is 4.55. The Hall–Kier alpha value is -2.59. The quantitative estimate of drug-likeness (QED) is 0.748. The van der Waals surface area contributed by atoms with Crippen molar-refractivity contribution in [3.8, 4) is 0 Å². The summed E-state index contributed by atoms with van der Waals surface area (Å²) in [5, 5.41) is 0.730. The molecule has 0 radical (unpaired) electrons. The zero-order chi connectivity index (χ0) is 16.8. The van der Waals surface area contributed by atoms with Gasteiger partial charge in [0.25, 0.3) is 5.91 Å². The molecule has 2 aromatic rings. The predicted octanol–water partition coefficient (Wildman–Crippen LogP) is 4.87. The molecule has 1 saturated heterocycles. The van der Waals surface area contributed by atoms with Crippen molar-refractivity contribution in [2.24, 2.45) is 4.99 Å². The number of hydrogen-bond acceptors (Lipinski definition) is 3. The SMILES string of the molecule is CCN1C(=O)/C(=C/C=C/c2ccccc2)SC1=Nc1ccccc1. The molecular weight excluding hydrogens is 316 g/mol. The van der Waals surface area contributed by atoms with E-state index in [0.717, 1.165) is 16.4 Å². The zero-order valence-corrected chi connectivity index (χ0v) is 14.2. The molecule has 0 saturated carbocycles. The van der Waals surface area contributed by atoms with Crippen LogP contribution in [0.25, 0.3) is 6.08 Å². The van der Waals surface area contributed by atoms with Gasteiger partial charge in [-0.05, 0) is 42.5 Å². The highest BCUT2D eigenvalue weighted by molar-refractivity contribution is 8.18. The van der Waals surface area contributed by atoms with E-state index in [1.807, 2.05) is 85.8 Å². The van der Waals surface area contributed by atoms with Crippen molar-refractivity contribution in [3.63, 3.8) is 0 Å². The number of amides is 1. The molecule has 24 heavy (non-hydrogen) atoms. The number of thioether (sulfide) groups is 1. The summed E-state index contributed by atoms with van der Waals surface area (Å²) in [5.41, 5.74) is 1.96. The number of allylic oxidation sites excluding steroid dienone is 2. The number of para-hydroxylation sites is 1. The molecule has 0 unspecified atom stereocenters. The summed E-state index contributed by atoms with van der Waals surface area (Å²) in [6.45, 7) is 2.57. The molecule has 0 N–H and O–H groups in total. The second-order valence-electron chi connectivity index (χ2n) is 5.18. The van der Waals surface area contributed by atoms with Crippen molar-refractivity contribution >= 4 is 34.6 Å². The van der Waals surface area contributed by atoms with E-state index in [0.29, 0.717) is 11.4 Å². The van der Waals surface area contributed by atoms with E-state index < -0.39 is 0 Å². The number of carbonyl (C=O) groups is 1. The summed E-state index contributed by atoms with van der Waals surface area (Å²) >= 11 is 1.42. The highest BCUT2D eigenvalue weighted by atomic mass is 32.2. The number of amidine groups is 1. The molecule has 0 bridgehead atoms. The van der Waals surface area contributed by atoms with Crippen LogP contribution in [0.15, 0.2) is 82.7 Å². The summed E-state index contributed by atoms with van der Waals surface area (Å²) in [4.78, 5) is 19.5. The van der Waals surface area contributed by atoms with Crippen LogP contribution in [0.5, 0.6) is 0 Å². The van der Waals surface area contributed by atoms with Gasteiger partial charge in [0, 0.05) is 6.54 Å². The highest BCUT2D eigenvalue weighted by Crippen LogP contribution is 2.32. The van der Waals surface area contributed by atoms with Gasteiger partial charge in [-0.1, -0.05) is 60.7 Å². The maximum absolute atomic E-state index is 12.5. The smallest absolute Gasteiger partial charge is 0.266 e. The Balaban J connectivity index is 1.81. The van der Waals surface area contributed by atoms with Gasteiger partial charge < -0.3 is 0 Å². The fourth-order valence-electron chi connectivity index (χ4n) is 2.31. The Bertz CT molecular complexity index is 795. The third kappa shape index (κ3) is 3.84. The van der Waals surface area contributed by atoms with Gasteiger partial charge in [0.1, 0.15) is 0 Å². The number of aliphatic imine (C=N–C) groups is 1. The normalized spacial score (nSPS) is 18.2. The second kappa shape index (κ2) is 7.79. The molecule has 1 fully saturated rings. The van der Waals surface area contributed by atoms with Gasteiger partial charge in [0.15, 0.2) is 5.17 Å². The van der Waals surface area contributed by atoms with Crippen LogP contribution in [-0.2, 0) is 4.79 Å². The summed E-state index contributed by atoms with van der Waals surface area (Å²) < 4.78 is 0. The third-order valence-electron chi connectivity index (χ3n) is 3.52. The molecule has 0 spiro atoms. The maximum Gasteiger partial charge on any atom is 0.266 e. The van der Waals surface area contributed by atoms with Crippen LogP contribution in [0.1, 0.15) is 12.5 Å². The van der Waals surface area contributed by atoms with Crippen molar-refractivity contribution in [2.75, 3.05) is 6.54 Å². The Morgan fingerprint density at radius 3 is 2.38 bits per heavy atom. The zero-order valence-electron chi connectivity index (χ0n) is 13.4. The van der Waals surface area contributed by atoms with E-state index in [1.165, 1.54) is 11.8 Å². The maximum atomic E-state index is 12.5. The highest BCUT2D eigenvalue weighted by Gasteiger charge is 2.31. The Morgan fingerprint density at radius 1 is 1.04 bits per heavy atom. The largest absolute Gasteiger partial charge is 0.287 e. The van der Waals surface area contributed by atoms with Gasteiger partial charge in [0.05, 0.1) is 10.6 Å². The molecule has 0 aromatic heterocycles. The van der Waals surface area contributed by atoms with Crippen LogP contribution in [0.4, 0.5) is 5.69 Å². The Labute approximate surface area is 146 Å². The predicted molar refractivity (Wildman–Crippen MR) is 102 cm³/mol. The average Bonchev–Trinajstić information content (AvgIpc) is 2.91. The van der Waals surface area contributed by atoms with E-state index in [1.54, 1.807) is 4.90 Å². The fourth-order valence-corrected chi connectivity index (χ4v) is 3.32. The van der Waals surface area contributed by atoms with Crippen LogP contribution in [0.2, 0.25) is 0 Å². The summed E-state index contributed by atoms with van der Waals surface area (Å²) in [7, 11) is 0. The average molecular weight is 334 g/mol. The lowest BCUT2D eigenvalue weighted by Crippen LogP contribution is -2.28. The number of rotatable bonds is 4. The van der Waals surface area contributed by atoms with Crippen LogP contribution < -0.4 is 0 Å². The first-order valence-corrected chi connectivity index (χ1v) is 8.66. The van der Waals surface area contributed by atoms with Crippen molar-refractivity contribution in [1.82, 2.24) is 4.90 Å². The van der Waals surface area contributed by atoms with E-state index in [-0.39, 0.29) is 5.91 Å². The van der Waals surface area contributed by atoms with Gasteiger partial charge in [-0.15, -0.1) is 0 Å². The number of carbonyl (C=O) groups excluding carboxylic acids is 1. The number of benzene rings is 2. The molecule has 120 valence electrons. The van der Waals surface area contributed by atoms with E-state index in [4.69, 9.17) is 0 Å². The molecule has 2 aromatic carbocycles. The van der Waals surface area contributed by atoms with Crippen LogP contribution in [0.3, 0.4) is 0 Å². The van der Waals surface area contributed by atoms with Crippen LogP contribution in [-0.4, -0.2) is 22.5 Å². The van der Waals surface area contributed by atoms with E-state index >= 15 is 0 Å². The lowest BCUT2D eigenvalue weighted by molar-refractivity contribution is -0.122. The minimum atomic E-state index is 0.00916. The number of nitrogens with zero attached hydrogens (tertiary/aromatic N) is 2. The molecule has 1 aliphatic heterocycles. The van der Waals surface area contributed by atoms with Crippen molar-refractivity contribution in [3.05, 3.63) is 83.3 Å². The lowest BCUT2D eigenvalue weighted by Gasteiger charge is -2.11. The standard InChI is InChI=1S/C20H18N2OS/c1-2-22-19(23)18(15-9-12-16-10-5-3-6-11-16)24-20(22)21-17-13-7-4-8-14-17/h3-15H,2H2,1H3/b12-9+,18-15-,21-20?. The van der Waals surface area contributed by atoms with Crippen LogP contribution in [0, 0.1) is 0 Å². The van der Waals surface area contributed by atoms with Gasteiger partial charge in [-0.25, -0.2) is 4.99 Å². The molecule has 0 atom stereocenters. The number of hydrogen-bond donors (Lipinski definition) is 0. The van der Waals surface area contributed by atoms with Crippen molar-refractivity contribution in [1.29, 1.82) is 0 Å². The molecule has 4 heteroatoms. The second-order valence-corrected chi connectivity index (χ2v) is 6.19.